The van der Waals surface area contributed by atoms with Gasteiger partial charge in [0.25, 0.3) is 5.91 Å². The van der Waals surface area contributed by atoms with E-state index < -0.39 is 0 Å². The Hall–Kier alpha value is -3.02. The summed E-state index contributed by atoms with van der Waals surface area (Å²) < 4.78 is 0. The van der Waals surface area contributed by atoms with Gasteiger partial charge in [-0.2, -0.15) is 0 Å². The summed E-state index contributed by atoms with van der Waals surface area (Å²) in [5.74, 6) is -0.194. The number of piperazine rings is 1. The van der Waals surface area contributed by atoms with Crippen molar-refractivity contribution < 1.29 is 9.59 Å². The van der Waals surface area contributed by atoms with E-state index in [-0.39, 0.29) is 24.3 Å². The van der Waals surface area contributed by atoms with Crippen molar-refractivity contribution in [3.05, 3.63) is 78.4 Å². The summed E-state index contributed by atoms with van der Waals surface area (Å²) in [4.78, 5) is 32.1. The lowest BCUT2D eigenvalue weighted by Gasteiger charge is -2.37. The normalized spacial score (nSPS) is 20.9. The summed E-state index contributed by atoms with van der Waals surface area (Å²) in [5, 5.41) is 1.98. The average Bonchev–Trinajstić information content (AvgIpc) is 3.08. The van der Waals surface area contributed by atoms with Crippen LogP contribution in [0.15, 0.2) is 72.8 Å². The van der Waals surface area contributed by atoms with E-state index >= 15 is 0 Å². The molecule has 0 aliphatic carbocycles. The van der Waals surface area contributed by atoms with E-state index in [1.165, 1.54) is 10.5 Å². The van der Waals surface area contributed by atoms with Crippen LogP contribution in [0.2, 0.25) is 0 Å². The van der Waals surface area contributed by atoms with Gasteiger partial charge in [-0.25, -0.2) is 4.90 Å². The number of carbonyl (C=O) groups excluding carboxylic acids is 2. The molecule has 0 radical (unpaired) electrons. The van der Waals surface area contributed by atoms with Crippen LogP contribution in [0.1, 0.15) is 12.0 Å². The smallest absolute Gasteiger partial charge is 0.251 e. The molecular formula is C25H25N3O2. The number of amides is 2. The minimum Gasteiger partial charge on any atom is -0.297 e. The van der Waals surface area contributed by atoms with E-state index in [9.17, 15) is 9.59 Å². The zero-order valence-electron chi connectivity index (χ0n) is 16.9. The van der Waals surface area contributed by atoms with E-state index in [4.69, 9.17) is 0 Å². The highest BCUT2D eigenvalue weighted by Gasteiger charge is 2.43. The number of rotatable bonds is 4. The molecule has 2 saturated heterocycles. The topological polar surface area (TPSA) is 43.9 Å². The molecule has 0 spiro atoms. The zero-order chi connectivity index (χ0) is 20.5. The SMILES string of the molecule is O=C1C[C@@H](N2CCN(Cc3ccccc3)CC2)C(=O)N1c1cccc2ccccc12. The third-order valence-electron chi connectivity index (χ3n) is 6.23. The molecule has 5 heteroatoms. The van der Waals surface area contributed by atoms with Gasteiger partial charge >= 0.3 is 0 Å². The number of fused-ring (bicyclic) bond motifs is 1. The highest BCUT2D eigenvalue weighted by Crippen LogP contribution is 2.32. The van der Waals surface area contributed by atoms with Crippen molar-refractivity contribution in [1.82, 2.24) is 9.80 Å². The molecule has 0 unspecified atom stereocenters. The first kappa shape index (κ1) is 19.0. The molecule has 0 N–H and O–H groups in total. The number of hydrogen-bond donors (Lipinski definition) is 0. The number of carbonyl (C=O) groups is 2. The highest BCUT2D eigenvalue weighted by molar-refractivity contribution is 6.25. The van der Waals surface area contributed by atoms with Crippen molar-refractivity contribution >= 4 is 28.3 Å². The van der Waals surface area contributed by atoms with Crippen molar-refractivity contribution in [2.75, 3.05) is 31.1 Å². The lowest BCUT2D eigenvalue weighted by Crippen LogP contribution is -2.52. The van der Waals surface area contributed by atoms with Crippen LogP contribution in [0.25, 0.3) is 10.8 Å². The molecule has 5 rings (SSSR count). The average molecular weight is 399 g/mol. The summed E-state index contributed by atoms with van der Waals surface area (Å²) in [6.45, 7) is 4.34. The van der Waals surface area contributed by atoms with Gasteiger partial charge < -0.3 is 0 Å². The second-order valence-corrected chi connectivity index (χ2v) is 8.08. The summed E-state index contributed by atoms with van der Waals surface area (Å²) in [6.07, 6.45) is 0.265. The van der Waals surface area contributed by atoms with Crippen LogP contribution >= 0.6 is 0 Å². The Balaban J connectivity index is 1.29. The summed E-state index contributed by atoms with van der Waals surface area (Å²) >= 11 is 0. The van der Waals surface area contributed by atoms with E-state index in [0.717, 1.165) is 43.5 Å². The number of imide groups is 1. The second kappa shape index (κ2) is 8.01. The fraction of sp³-hybridized carbons (Fsp3) is 0.280. The Morgan fingerprint density at radius 3 is 2.27 bits per heavy atom. The number of benzene rings is 3. The van der Waals surface area contributed by atoms with E-state index in [1.54, 1.807) is 0 Å². The van der Waals surface area contributed by atoms with Gasteiger partial charge in [0, 0.05) is 38.1 Å². The second-order valence-electron chi connectivity index (χ2n) is 8.08. The van der Waals surface area contributed by atoms with Crippen LogP contribution in [0, 0.1) is 0 Å². The summed E-state index contributed by atoms with van der Waals surface area (Å²) in [5.41, 5.74) is 2.01. The fourth-order valence-electron chi connectivity index (χ4n) is 4.63. The Kier molecular flexibility index (Phi) is 5.07. The molecular weight excluding hydrogens is 374 g/mol. The highest BCUT2D eigenvalue weighted by atomic mass is 16.2. The van der Waals surface area contributed by atoms with Gasteiger partial charge in [0.1, 0.15) is 0 Å². The maximum absolute atomic E-state index is 13.3. The first-order chi connectivity index (χ1) is 14.7. The van der Waals surface area contributed by atoms with Gasteiger partial charge in [-0.1, -0.05) is 66.7 Å². The van der Waals surface area contributed by atoms with Crippen LogP contribution in [0.4, 0.5) is 5.69 Å². The summed E-state index contributed by atoms with van der Waals surface area (Å²) in [7, 11) is 0. The van der Waals surface area contributed by atoms with Gasteiger partial charge in [-0.05, 0) is 17.0 Å². The molecule has 2 fully saturated rings. The summed E-state index contributed by atoms with van der Waals surface area (Å²) in [6, 6.07) is 23.8. The van der Waals surface area contributed by atoms with E-state index in [2.05, 4.69) is 34.1 Å². The van der Waals surface area contributed by atoms with Gasteiger partial charge in [-0.15, -0.1) is 0 Å². The van der Waals surface area contributed by atoms with Crippen LogP contribution in [-0.2, 0) is 16.1 Å². The maximum atomic E-state index is 13.3. The first-order valence-corrected chi connectivity index (χ1v) is 10.6. The van der Waals surface area contributed by atoms with Gasteiger partial charge in [0.05, 0.1) is 18.2 Å². The minimum absolute atomic E-state index is 0.0899. The largest absolute Gasteiger partial charge is 0.297 e. The molecule has 1 atom stereocenters. The molecule has 30 heavy (non-hydrogen) atoms. The van der Waals surface area contributed by atoms with Crippen molar-refractivity contribution in [2.45, 2.75) is 19.0 Å². The molecule has 5 nitrogen and oxygen atoms in total. The number of hydrogen-bond acceptors (Lipinski definition) is 4. The van der Waals surface area contributed by atoms with E-state index in [0.29, 0.717) is 5.69 Å². The van der Waals surface area contributed by atoms with Crippen LogP contribution in [0.5, 0.6) is 0 Å². The molecule has 2 aliphatic rings. The van der Waals surface area contributed by atoms with Gasteiger partial charge in [0.2, 0.25) is 5.91 Å². The molecule has 152 valence electrons. The van der Waals surface area contributed by atoms with Crippen molar-refractivity contribution in [3.8, 4) is 0 Å². The standard InChI is InChI=1S/C25H25N3O2/c29-24-17-23(27-15-13-26(14-16-27)18-19-7-2-1-3-8-19)25(30)28(24)22-12-6-10-20-9-4-5-11-21(20)22/h1-12,23H,13-18H2/t23-/m1/s1. The molecule has 3 aromatic rings. The minimum atomic E-state index is -0.352. The van der Waals surface area contributed by atoms with E-state index in [1.807, 2.05) is 48.5 Å². The monoisotopic (exact) mass is 399 g/mol. The maximum Gasteiger partial charge on any atom is 0.251 e. The first-order valence-electron chi connectivity index (χ1n) is 10.6. The Morgan fingerprint density at radius 2 is 1.47 bits per heavy atom. The predicted octanol–water partition coefficient (Wildman–Crippen LogP) is 3.29. The van der Waals surface area contributed by atoms with Crippen molar-refractivity contribution in [2.24, 2.45) is 0 Å². The lowest BCUT2D eigenvalue weighted by molar-refractivity contribution is -0.123. The predicted molar refractivity (Wildman–Crippen MR) is 118 cm³/mol. The Morgan fingerprint density at radius 1 is 0.767 bits per heavy atom. The number of nitrogens with zero attached hydrogens (tertiary/aromatic N) is 3. The van der Waals surface area contributed by atoms with Crippen molar-refractivity contribution in [3.63, 3.8) is 0 Å². The molecule has 2 heterocycles. The Bertz CT molecular complexity index is 1070. The van der Waals surface area contributed by atoms with Gasteiger partial charge in [-0.3, -0.25) is 19.4 Å². The van der Waals surface area contributed by atoms with Crippen LogP contribution in [0.3, 0.4) is 0 Å². The fourth-order valence-corrected chi connectivity index (χ4v) is 4.63. The quantitative estimate of drug-likeness (QED) is 0.632. The third kappa shape index (κ3) is 3.51. The van der Waals surface area contributed by atoms with Gasteiger partial charge in [0.15, 0.2) is 0 Å². The van der Waals surface area contributed by atoms with Crippen LogP contribution < -0.4 is 4.90 Å². The molecule has 0 saturated carbocycles. The van der Waals surface area contributed by atoms with Crippen LogP contribution in [-0.4, -0.2) is 53.8 Å². The lowest BCUT2D eigenvalue weighted by atomic mass is 10.1. The Labute approximate surface area is 176 Å². The zero-order valence-corrected chi connectivity index (χ0v) is 16.9. The molecule has 2 aliphatic heterocycles. The third-order valence-corrected chi connectivity index (χ3v) is 6.23. The van der Waals surface area contributed by atoms with Crippen molar-refractivity contribution in [1.29, 1.82) is 0 Å². The molecule has 2 amide bonds. The molecule has 3 aromatic carbocycles. The molecule has 0 aromatic heterocycles. The molecule has 0 bridgehead atoms. The number of anilines is 1.